The second kappa shape index (κ2) is 22.3. The van der Waals surface area contributed by atoms with E-state index in [-0.39, 0.29) is 41.3 Å². The van der Waals surface area contributed by atoms with E-state index in [0.717, 1.165) is 57.8 Å². The van der Waals surface area contributed by atoms with Crippen molar-refractivity contribution in [2.45, 2.75) is 167 Å². The SMILES string of the molecule is [B][C@H]1CC(OP(OCC[N+]#[C-])N(C(C)C)C(C)C)[C@@H](CO[Si](OCCCCCCCC(=O)OCC2[C@H]3CCC#CCC[C@@H]23)(C(C)C)C(C)C)O1. The van der Waals surface area contributed by atoms with Crippen molar-refractivity contribution in [2.24, 2.45) is 17.8 Å². The van der Waals surface area contributed by atoms with Gasteiger partial charge in [0.15, 0.2) is 0 Å². The number of carbonyl (C=O) groups excluding carboxylic acids is 1. The van der Waals surface area contributed by atoms with Gasteiger partial charge >= 0.3 is 14.5 Å². The standard InChI is InChI=1S/C38H66BN2O7PSi/c1-28(2)41(29(3)4)49(44-24-22-40-9)48-35-25-37(39)47-36(35)27-46-50(30(5)6,31(7)8)45-23-18-14-10-11-17-21-38(42)43-26-34-32-19-15-12-13-16-20-33(32)34/h28-37H,10-11,14-27H2,1-8H3/t32-,33+,34?,35?,36-,37-,49?/m1/s1. The Morgan fingerprint density at radius 2 is 1.54 bits per heavy atom. The molecule has 2 fully saturated rings. The van der Waals surface area contributed by atoms with Crippen molar-refractivity contribution in [3.63, 3.8) is 0 Å². The summed E-state index contributed by atoms with van der Waals surface area (Å²) < 4.78 is 40.4. The number of carbonyl (C=O) groups is 1. The van der Waals surface area contributed by atoms with Crippen LogP contribution in [-0.4, -0.2) is 90.3 Å². The molecule has 0 bridgehead atoms. The number of unbranched alkanes of at least 4 members (excludes halogenated alkanes) is 4. The third-order valence-electron chi connectivity index (χ3n) is 10.3. The normalized spacial score (nSPS) is 25.7. The van der Waals surface area contributed by atoms with Crippen LogP contribution in [0.4, 0.5) is 0 Å². The van der Waals surface area contributed by atoms with Gasteiger partial charge in [-0.1, -0.05) is 47.0 Å². The summed E-state index contributed by atoms with van der Waals surface area (Å²) in [6, 6.07) is -0.0256. The molecule has 2 radical (unpaired) electrons. The predicted molar refractivity (Wildman–Crippen MR) is 204 cm³/mol. The Kier molecular flexibility index (Phi) is 19.3. The highest BCUT2D eigenvalue weighted by Gasteiger charge is 2.49. The molecule has 3 rings (SSSR count). The van der Waals surface area contributed by atoms with Crippen molar-refractivity contribution in [1.82, 2.24) is 4.67 Å². The van der Waals surface area contributed by atoms with Crippen LogP contribution in [0.15, 0.2) is 0 Å². The summed E-state index contributed by atoms with van der Waals surface area (Å²) in [4.78, 5) is 15.8. The van der Waals surface area contributed by atoms with Crippen LogP contribution in [0.2, 0.25) is 11.1 Å². The number of fused-ring (bicyclic) bond motifs is 1. The number of esters is 1. The number of ether oxygens (including phenoxy) is 2. The minimum absolute atomic E-state index is 0.0492. The van der Waals surface area contributed by atoms with Crippen molar-refractivity contribution < 1.29 is 32.2 Å². The van der Waals surface area contributed by atoms with Gasteiger partial charge in [0.05, 0.1) is 19.3 Å². The molecule has 50 heavy (non-hydrogen) atoms. The molecule has 1 heterocycles. The zero-order valence-corrected chi connectivity index (χ0v) is 34.3. The second-order valence-electron chi connectivity index (χ2n) is 15.4. The molecule has 3 aliphatic rings. The highest BCUT2D eigenvalue weighted by molar-refractivity contribution is 7.44. The van der Waals surface area contributed by atoms with Gasteiger partial charge in [0.2, 0.25) is 6.54 Å². The first-order chi connectivity index (χ1) is 23.9. The highest BCUT2D eigenvalue weighted by atomic mass is 31.2. The summed E-state index contributed by atoms with van der Waals surface area (Å²) in [6.45, 7) is 26.7. The Morgan fingerprint density at radius 1 is 0.920 bits per heavy atom. The van der Waals surface area contributed by atoms with Crippen LogP contribution in [0, 0.1) is 36.2 Å². The van der Waals surface area contributed by atoms with E-state index in [4.69, 9.17) is 41.8 Å². The van der Waals surface area contributed by atoms with Crippen LogP contribution in [0.1, 0.15) is 126 Å². The molecule has 0 aromatic heterocycles. The van der Waals surface area contributed by atoms with E-state index in [9.17, 15) is 4.79 Å². The van der Waals surface area contributed by atoms with Crippen molar-refractivity contribution in [1.29, 1.82) is 0 Å². The van der Waals surface area contributed by atoms with Gasteiger partial charge in [0, 0.05) is 44.0 Å². The third kappa shape index (κ3) is 13.4. The number of rotatable bonds is 24. The van der Waals surface area contributed by atoms with E-state index in [0.29, 0.717) is 63.6 Å². The van der Waals surface area contributed by atoms with Gasteiger partial charge in [-0.2, -0.15) is 0 Å². The van der Waals surface area contributed by atoms with Crippen molar-refractivity contribution in [3.8, 4) is 11.8 Å². The van der Waals surface area contributed by atoms with Gasteiger partial charge in [-0.15, -0.1) is 11.8 Å². The molecule has 3 unspecified atom stereocenters. The van der Waals surface area contributed by atoms with Crippen LogP contribution in [0.5, 0.6) is 0 Å². The minimum Gasteiger partial charge on any atom is -0.465 e. The third-order valence-corrected chi connectivity index (χ3v) is 17.0. The van der Waals surface area contributed by atoms with Crippen LogP contribution in [-0.2, 0) is 32.2 Å². The van der Waals surface area contributed by atoms with Crippen LogP contribution in [0.3, 0.4) is 0 Å². The van der Waals surface area contributed by atoms with E-state index in [1.807, 2.05) is 0 Å². The lowest BCUT2D eigenvalue weighted by Crippen LogP contribution is -2.50. The minimum atomic E-state index is -2.63. The number of hydrogen-bond donors (Lipinski definition) is 0. The largest absolute Gasteiger partial charge is 0.465 e. The Bertz CT molecular complexity index is 1080. The maximum atomic E-state index is 12.4. The molecular weight excluding hydrogens is 666 g/mol. The summed E-state index contributed by atoms with van der Waals surface area (Å²) in [6.07, 6.45) is 9.71. The van der Waals surface area contributed by atoms with Gasteiger partial charge < -0.3 is 32.2 Å². The topological polar surface area (TPSA) is 80.1 Å². The summed E-state index contributed by atoms with van der Waals surface area (Å²) >= 11 is 0. The fourth-order valence-electron chi connectivity index (χ4n) is 7.68. The fraction of sp³-hybridized carbons (Fsp3) is 0.895. The molecule has 0 N–H and O–H groups in total. The van der Waals surface area contributed by atoms with Crippen LogP contribution in [0.25, 0.3) is 4.85 Å². The van der Waals surface area contributed by atoms with Crippen LogP contribution < -0.4 is 0 Å². The molecular formula is C38H66BN2O7PSi. The molecule has 0 aromatic rings. The van der Waals surface area contributed by atoms with E-state index < -0.39 is 23.1 Å². The highest BCUT2D eigenvalue weighted by Crippen LogP contribution is 2.52. The number of hydrogen-bond acceptors (Lipinski definition) is 8. The average Bonchev–Trinajstić information content (AvgIpc) is 3.54. The van der Waals surface area contributed by atoms with Crippen molar-refractivity contribution >= 4 is 30.9 Å². The molecule has 7 atom stereocenters. The smallest absolute Gasteiger partial charge is 0.343 e. The summed E-state index contributed by atoms with van der Waals surface area (Å²) in [5.41, 5.74) is 0.493. The van der Waals surface area contributed by atoms with E-state index in [1.54, 1.807) is 0 Å². The predicted octanol–water partition coefficient (Wildman–Crippen LogP) is 8.56. The Labute approximate surface area is 308 Å². The molecule has 0 aromatic carbocycles. The Morgan fingerprint density at radius 3 is 2.14 bits per heavy atom. The molecule has 1 saturated carbocycles. The van der Waals surface area contributed by atoms with Crippen molar-refractivity contribution in [2.75, 3.05) is 33.0 Å². The molecule has 9 nitrogen and oxygen atoms in total. The lowest BCUT2D eigenvalue weighted by Gasteiger charge is -2.39. The first-order valence-electron chi connectivity index (χ1n) is 19.4. The number of nitrogens with zero attached hydrogens (tertiary/aromatic N) is 2. The van der Waals surface area contributed by atoms with E-state index in [2.05, 4.69) is 76.7 Å². The van der Waals surface area contributed by atoms with Gasteiger partial charge in [-0.05, 0) is 88.6 Å². The lowest BCUT2D eigenvalue weighted by atomic mass is 9.96. The fourth-order valence-corrected chi connectivity index (χ4v) is 13.1. The van der Waals surface area contributed by atoms with Gasteiger partial charge in [0.25, 0.3) is 8.53 Å². The maximum Gasteiger partial charge on any atom is 0.343 e. The zero-order valence-electron chi connectivity index (χ0n) is 32.4. The summed E-state index contributed by atoms with van der Waals surface area (Å²) in [5.74, 6) is 8.42. The molecule has 0 spiro atoms. The zero-order chi connectivity index (χ0) is 36.7. The molecule has 12 heteroatoms. The van der Waals surface area contributed by atoms with Gasteiger partial charge in [-0.25, -0.2) is 11.2 Å². The molecule has 282 valence electrons. The van der Waals surface area contributed by atoms with E-state index >= 15 is 0 Å². The molecule has 1 saturated heterocycles. The maximum absolute atomic E-state index is 12.4. The van der Waals surface area contributed by atoms with Crippen LogP contribution >= 0.6 is 8.53 Å². The van der Waals surface area contributed by atoms with Gasteiger partial charge in [0.1, 0.15) is 20.6 Å². The molecule has 1 aliphatic heterocycles. The van der Waals surface area contributed by atoms with E-state index in [1.165, 1.54) is 0 Å². The monoisotopic (exact) mass is 732 g/mol. The quantitative estimate of drug-likeness (QED) is 0.0244. The lowest BCUT2D eigenvalue weighted by molar-refractivity contribution is -0.144. The second-order valence-corrected chi connectivity index (χ2v) is 21.2. The molecule has 2 aliphatic carbocycles. The Hall–Kier alpha value is -1.01. The Balaban J connectivity index is 1.41. The summed E-state index contributed by atoms with van der Waals surface area (Å²) in [7, 11) is 2.26. The molecule has 0 amide bonds. The first-order valence-corrected chi connectivity index (χ1v) is 22.5. The summed E-state index contributed by atoms with van der Waals surface area (Å²) in [5, 5.41) is 0. The van der Waals surface area contributed by atoms with Crippen molar-refractivity contribution in [3.05, 3.63) is 11.4 Å². The van der Waals surface area contributed by atoms with Gasteiger partial charge in [-0.3, -0.25) is 4.79 Å². The first kappa shape index (κ1) is 43.4. The average molecular weight is 733 g/mol.